The van der Waals surface area contributed by atoms with Crippen molar-refractivity contribution in [2.45, 2.75) is 32.8 Å². The van der Waals surface area contributed by atoms with E-state index in [0.29, 0.717) is 35.4 Å². The Labute approximate surface area is 186 Å². The number of carbonyl (C=O) groups is 3. The lowest BCUT2D eigenvalue weighted by molar-refractivity contribution is -0.131. The Morgan fingerprint density at radius 2 is 1.81 bits per heavy atom. The summed E-state index contributed by atoms with van der Waals surface area (Å²) in [7, 11) is 1.44. The molecule has 0 bridgehead atoms. The van der Waals surface area contributed by atoms with E-state index in [-0.39, 0.29) is 17.5 Å². The summed E-state index contributed by atoms with van der Waals surface area (Å²) in [5.74, 6) is -1.09. The van der Waals surface area contributed by atoms with Crippen LogP contribution in [0.4, 0.5) is 10.5 Å². The van der Waals surface area contributed by atoms with Gasteiger partial charge >= 0.3 is 12.1 Å². The number of aromatic hydroxyl groups is 1. The summed E-state index contributed by atoms with van der Waals surface area (Å²) in [6, 6.07) is 11.2. The first kappa shape index (κ1) is 24.5. The molecule has 3 N–H and O–H groups in total. The molecule has 0 heterocycles. The molecule has 2 atom stereocenters. The largest absolute Gasteiger partial charge is 0.504 e. The minimum atomic E-state index is -1.03. The molecule has 0 aliphatic rings. The van der Waals surface area contributed by atoms with Crippen LogP contribution in [0.1, 0.15) is 48.7 Å². The third-order valence-corrected chi connectivity index (χ3v) is 4.87. The molecule has 170 valence electrons. The fraction of sp³-hybridized carbons (Fsp3) is 0.292. The number of amides is 1. The van der Waals surface area contributed by atoms with Crippen molar-refractivity contribution in [2.24, 2.45) is 5.92 Å². The molecule has 2 aromatic rings. The van der Waals surface area contributed by atoms with Crippen LogP contribution >= 0.6 is 0 Å². The number of hydrogen-bond donors (Lipinski definition) is 3. The number of rotatable bonds is 10. The van der Waals surface area contributed by atoms with E-state index in [1.165, 1.54) is 26.2 Å². The Kier molecular flexibility index (Phi) is 8.83. The van der Waals surface area contributed by atoms with Gasteiger partial charge in [0, 0.05) is 17.3 Å². The lowest BCUT2D eigenvalue weighted by atomic mass is 9.92. The van der Waals surface area contributed by atoms with Gasteiger partial charge in [0.25, 0.3) is 0 Å². The van der Waals surface area contributed by atoms with Crippen LogP contribution in [0.25, 0.3) is 0 Å². The van der Waals surface area contributed by atoms with Crippen molar-refractivity contribution in [1.29, 1.82) is 0 Å². The smallest absolute Gasteiger partial charge is 0.412 e. The zero-order chi connectivity index (χ0) is 23.7. The van der Waals surface area contributed by atoms with Gasteiger partial charge in [-0.05, 0) is 67.6 Å². The molecule has 2 aromatic carbocycles. The van der Waals surface area contributed by atoms with Crippen molar-refractivity contribution in [3.63, 3.8) is 0 Å². The lowest BCUT2D eigenvalue weighted by Crippen LogP contribution is -2.22. The number of Topliss-reactive ketones (excluding diaryl/α,β-unsaturated/α-hetero) is 1. The van der Waals surface area contributed by atoms with Crippen LogP contribution in [0.3, 0.4) is 0 Å². The standard InChI is InChI=1S/C24H27NO7/c1-15(6-4-5-7-22(28)29)23(18-10-13-21(31-3)20(27)14-18)32-24(30)25-19-11-8-17(9-12-19)16(2)26/h5,7-15,23,27H,4,6H2,1-3H3,(H,25,30)(H,28,29)/b7-5+/t15-,23-/m0/s1. The molecule has 1 amide bonds. The van der Waals surface area contributed by atoms with Crippen molar-refractivity contribution < 1.29 is 34.1 Å². The van der Waals surface area contributed by atoms with E-state index >= 15 is 0 Å². The molecule has 8 heteroatoms. The number of phenols is 1. The molecule has 8 nitrogen and oxygen atoms in total. The second kappa shape index (κ2) is 11.5. The normalized spacial score (nSPS) is 12.7. The third-order valence-electron chi connectivity index (χ3n) is 4.87. The molecule has 0 aromatic heterocycles. The lowest BCUT2D eigenvalue weighted by Gasteiger charge is -2.25. The van der Waals surface area contributed by atoms with Crippen LogP contribution in [0.15, 0.2) is 54.6 Å². The van der Waals surface area contributed by atoms with Crippen molar-refractivity contribution in [3.05, 3.63) is 65.7 Å². The van der Waals surface area contributed by atoms with Crippen LogP contribution in [0.5, 0.6) is 11.5 Å². The van der Waals surface area contributed by atoms with Gasteiger partial charge in [-0.15, -0.1) is 0 Å². The summed E-state index contributed by atoms with van der Waals surface area (Å²) in [6.07, 6.45) is 2.22. The zero-order valence-corrected chi connectivity index (χ0v) is 18.2. The van der Waals surface area contributed by atoms with Crippen molar-refractivity contribution >= 4 is 23.5 Å². The number of carboxylic acids is 1. The van der Waals surface area contributed by atoms with Crippen molar-refractivity contribution in [2.75, 3.05) is 12.4 Å². The molecule has 0 aliphatic carbocycles. The summed E-state index contributed by atoms with van der Waals surface area (Å²) >= 11 is 0. The number of benzene rings is 2. The van der Waals surface area contributed by atoms with Gasteiger partial charge in [-0.2, -0.15) is 0 Å². The van der Waals surface area contributed by atoms with Crippen molar-refractivity contribution in [3.8, 4) is 11.5 Å². The number of carboxylic acid groups (broad SMARTS) is 1. The summed E-state index contributed by atoms with van der Waals surface area (Å²) in [5, 5.41) is 21.5. The number of ketones is 1. The minimum absolute atomic E-state index is 0.0794. The maximum absolute atomic E-state index is 12.6. The molecule has 0 spiro atoms. The average Bonchev–Trinajstić information content (AvgIpc) is 2.75. The van der Waals surface area contributed by atoms with Gasteiger partial charge < -0.3 is 19.7 Å². The topological polar surface area (TPSA) is 122 Å². The summed E-state index contributed by atoms with van der Waals surface area (Å²) in [5.41, 5.74) is 1.56. The highest BCUT2D eigenvalue weighted by atomic mass is 16.6. The number of ether oxygens (including phenoxy) is 2. The van der Waals surface area contributed by atoms with Gasteiger partial charge in [0.05, 0.1) is 7.11 Å². The summed E-state index contributed by atoms with van der Waals surface area (Å²) < 4.78 is 10.7. The number of allylic oxidation sites excluding steroid dienone is 1. The molecular weight excluding hydrogens is 414 g/mol. The summed E-state index contributed by atoms with van der Waals surface area (Å²) in [6.45, 7) is 3.33. The molecule has 0 unspecified atom stereocenters. The Bertz CT molecular complexity index is 982. The molecule has 0 fully saturated rings. The van der Waals surface area contributed by atoms with Crippen LogP contribution in [-0.2, 0) is 9.53 Å². The van der Waals surface area contributed by atoms with Gasteiger partial charge in [0.2, 0.25) is 0 Å². The molecule has 0 saturated heterocycles. The maximum Gasteiger partial charge on any atom is 0.412 e. The average molecular weight is 441 g/mol. The molecule has 32 heavy (non-hydrogen) atoms. The van der Waals surface area contributed by atoms with E-state index in [1.807, 2.05) is 6.92 Å². The van der Waals surface area contributed by atoms with E-state index in [1.54, 1.807) is 36.4 Å². The predicted molar refractivity (Wildman–Crippen MR) is 119 cm³/mol. The Morgan fingerprint density at radius 3 is 2.38 bits per heavy atom. The third kappa shape index (κ3) is 7.16. The van der Waals surface area contributed by atoms with Crippen LogP contribution in [0, 0.1) is 5.92 Å². The number of aliphatic carboxylic acids is 1. The number of carbonyl (C=O) groups excluding carboxylic acids is 2. The minimum Gasteiger partial charge on any atom is -0.504 e. The van der Waals surface area contributed by atoms with Crippen molar-refractivity contribution in [1.82, 2.24) is 0 Å². The van der Waals surface area contributed by atoms with E-state index in [0.717, 1.165) is 6.08 Å². The molecule has 2 rings (SSSR count). The maximum atomic E-state index is 12.6. The Morgan fingerprint density at radius 1 is 1.12 bits per heavy atom. The van der Waals surface area contributed by atoms with Crippen LogP contribution in [-0.4, -0.2) is 35.2 Å². The quantitative estimate of drug-likeness (QED) is 0.352. The van der Waals surface area contributed by atoms with Gasteiger partial charge in [-0.1, -0.05) is 19.1 Å². The summed E-state index contributed by atoms with van der Waals surface area (Å²) in [4.78, 5) is 34.6. The van der Waals surface area contributed by atoms with Gasteiger partial charge in [-0.3, -0.25) is 10.1 Å². The SMILES string of the molecule is COc1ccc([C@@H](OC(=O)Nc2ccc(C(C)=O)cc2)[C@@H](C)CC/C=C/C(=O)O)cc1O. The van der Waals surface area contributed by atoms with E-state index < -0.39 is 18.2 Å². The first-order valence-electron chi connectivity index (χ1n) is 10.1. The zero-order valence-electron chi connectivity index (χ0n) is 18.2. The van der Waals surface area contributed by atoms with Gasteiger partial charge in [0.15, 0.2) is 17.3 Å². The first-order chi connectivity index (χ1) is 15.2. The van der Waals surface area contributed by atoms with Crippen LogP contribution < -0.4 is 10.1 Å². The fourth-order valence-electron chi connectivity index (χ4n) is 3.14. The molecule has 0 aliphatic heterocycles. The monoisotopic (exact) mass is 441 g/mol. The van der Waals surface area contributed by atoms with Gasteiger partial charge in [-0.25, -0.2) is 9.59 Å². The molecule has 0 saturated carbocycles. The van der Waals surface area contributed by atoms with Crippen LogP contribution in [0.2, 0.25) is 0 Å². The van der Waals surface area contributed by atoms with Gasteiger partial charge in [0.1, 0.15) is 6.10 Å². The second-order valence-electron chi connectivity index (χ2n) is 7.31. The number of phenolic OH excluding ortho intramolecular Hbond substituents is 1. The molecule has 0 radical (unpaired) electrons. The van der Waals surface area contributed by atoms with E-state index in [2.05, 4.69) is 5.32 Å². The predicted octanol–water partition coefficient (Wildman–Crippen LogP) is 4.95. The highest BCUT2D eigenvalue weighted by molar-refractivity contribution is 5.95. The number of methoxy groups -OCH3 is 1. The van der Waals surface area contributed by atoms with E-state index in [9.17, 15) is 19.5 Å². The fourth-order valence-corrected chi connectivity index (χ4v) is 3.14. The number of hydrogen-bond acceptors (Lipinski definition) is 6. The highest BCUT2D eigenvalue weighted by Crippen LogP contribution is 2.35. The molecular formula is C24H27NO7. The second-order valence-corrected chi connectivity index (χ2v) is 7.31. The highest BCUT2D eigenvalue weighted by Gasteiger charge is 2.24. The number of anilines is 1. The van der Waals surface area contributed by atoms with E-state index in [4.69, 9.17) is 14.6 Å². The Balaban J connectivity index is 2.17. The first-order valence-corrected chi connectivity index (χ1v) is 10.1. The number of nitrogens with one attached hydrogen (secondary N) is 1. The Hall–Kier alpha value is -3.81.